The van der Waals surface area contributed by atoms with Gasteiger partial charge in [0, 0.05) is 36.4 Å². The first-order valence-corrected chi connectivity index (χ1v) is 8.06. The molecule has 2 N–H and O–H groups in total. The number of nitrogens with one attached hydrogen (secondary N) is 1. The zero-order chi connectivity index (χ0) is 16.2. The second-order valence-electron chi connectivity index (χ2n) is 5.79. The van der Waals surface area contributed by atoms with Gasteiger partial charge in [0.15, 0.2) is 0 Å². The Kier molecular flexibility index (Phi) is 4.84. The van der Waals surface area contributed by atoms with Crippen molar-refractivity contribution in [2.45, 2.75) is 19.0 Å². The van der Waals surface area contributed by atoms with E-state index in [2.05, 4.69) is 22.3 Å². The highest BCUT2D eigenvalue weighted by Gasteiger charge is 2.22. The number of carbonyl (C=O) groups is 1. The Labute approximate surface area is 140 Å². The van der Waals surface area contributed by atoms with E-state index in [1.165, 1.54) is 5.69 Å². The van der Waals surface area contributed by atoms with Crippen LogP contribution < -0.4 is 10.2 Å². The molecule has 1 atom stereocenters. The Morgan fingerprint density at radius 3 is 2.52 bits per heavy atom. The lowest BCUT2D eigenvalue weighted by Crippen LogP contribution is -2.32. The predicted octanol–water partition coefficient (Wildman–Crippen LogP) is 3.41. The molecule has 5 heteroatoms. The van der Waals surface area contributed by atoms with Crippen LogP contribution in [0, 0.1) is 0 Å². The summed E-state index contributed by atoms with van der Waals surface area (Å²) < 4.78 is 0. The van der Waals surface area contributed by atoms with Gasteiger partial charge in [-0.3, -0.25) is 0 Å². The summed E-state index contributed by atoms with van der Waals surface area (Å²) in [5, 5.41) is 13.2. The molecule has 0 spiro atoms. The highest BCUT2D eigenvalue weighted by Crippen LogP contribution is 2.22. The zero-order valence-electron chi connectivity index (χ0n) is 12.7. The van der Waals surface area contributed by atoms with Crippen LogP contribution in [0.2, 0.25) is 5.02 Å². The van der Waals surface area contributed by atoms with E-state index in [1.807, 2.05) is 24.3 Å². The molecule has 0 saturated carbocycles. The standard InChI is InChI=1S/C18H19ClN2O2/c19-15-5-7-17(8-6-15)21-10-9-16(12-21)20-11-13-1-3-14(4-2-13)18(22)23/h1-8,16,20H,9-12H2,(H,22,23). The molecule has 120 valence electrons. The Bertz CT molecular complexity index is 670. The van der Waals surface area contributed by atoms with Crippen LogP contribution in [0.4, 0.5) is 5.69 Å². The molecule has 0 radical (unpaired) electrons. The molecule has 23 heavy (non-hydrogen) atoms. The summed E-state index contributed by atoms with van der Waals surface area (Å²) >= 11 is 5.93. The third kappa shape index (κ3) is 4.03. The zero-order valence-corrected chi connectivity index (χ0v) is 13.5. The normalized spacial score (nSPS) is 17.4. The van der Waals surface area contributed by atoms with Gasteiger partial charge in [-0.15, -0.1) is 0 Å². The summed E-state index contributed by atoms with van der Waals surface area (Å²) in [6, 6.07) is 15.4. The topological polar surface area (TPSA) is 52.6 Å². The third-order valence-corrected chi connectivity index (χ3v) is 4.43. The lowest BCUT2D eigenvalue weighted by atomic mass is 10.1. The number of hydrogen-bond acceptors (Lipinski definition) is 3. The number of carboxylic acid groups (broad SMARTS) is 1. The summed E-state index contributed by atoms with van der Waals surface area (Å²) in [7, 11) is 0. The molecule has 1 fully saturated rings. The van der Waals surface area contributed by atoms with Crippen molar-refractivity contribution in [1.29, 1.82) is 0 Å². The summed E-state index contributed by atoms with van der Waals surface area (Å²) in [5.41, 5.74) is 2.62. The Morgan fingerprint density at radius 1 is 1.17 bits per heavy atom. The van der Waals surface area contributed by atoms with Gasteiger partial charge in [0.1, 0.15) is 0 Å². The summed E-state index contributed by atoms with van der Waals surface area (Å²) in [4.78, 5) is 13.2. The smallest absolute Gasteiger partial charge is 0.335 e. The van der Waals surface area contributed by atoms with Crippen LogP contribution in [-0.2, 0) is 6.54 Å². The Hall–Kier alpha value is -2.04. The number of aromatic carboxylic acids is 1. The monoisotopic (exact) mass is 330 g/mol. The number of rotatable bonds is 5. The van der Waals surface area contributed by atoms with Gasteiger partial charge in [0.05, 0.1) is 5.56 Å². The molecule has 0 bridgehead atoms. The highest BCUT2D eigenvalue weighted by atomic mass is 35.5. The number of halogens is 1. The fraction of sp³-hybridized carbons (Fsp3) is 0.278. The van der Waals surface area contributed by atoms with Crippen molar-refractivity contribution < 1.29 is 9.90 Å². The lowest BCUT2D eigenvalue weighted by molar-refractivity contribution is 0.0697. The van der Waals surface area contributed by atoms with E-state index in [-0.39, 0.29) is 0 Å². The summed E-state index contributed by atoms with van der Waals surface area (Å²) in [5.74, 6) is -0.890. The maximum Gasteiger partial charge on any atom is 0.335 e. The molecule has 4 nitrogen and oxygen atoms in total. The van der Waals surface area contributed by atoms with Crippen LogP contribution >= 0.6 is 11.6 Å². The van der Waals surface area contributed by atoms with Gasteiger partial charge in [-0.25, -0.2) is 4.79 Å². The lowest BCUT2D eigenvalue weighted by Gasteiger charge is -2.19. The van der Waals surface area contributed by atoms with E-state index < -0.39 is 5.97 Å². The number of benzene rings is 2. The fourth-order valence-electron chi connectivity index (χ4n) is 2.84. The van der Waals surface area contributed by atoms with E-state index in [1.54, 1.807) is 12.1 Å². The Morgan fingerprint density at radius 2 is 1.87 bits per heavy atom. The number of carboxylic acids is 1. The van der Waals surface area contributed by atoms with Crippen LogP contribution in [0.3, 0.4) is 0 Å². The maximum absolute atomic E-state index is 10.8. The SMILES string of the molecule is O=C(O)c1ccc(CNC2CCN(c3ccc(Cl)cc3)C2)cc1. The minimum atomic E-state index is -0.890. The van der Waals surface area contributed by atoms with Gasteiger partial charge >= 0.3 is 5.97 Å². The molecule has 0 aromatic heterocycles. The maximum atomic E-state index is 10.8. The predicted molar refractivity (Wildman–Crippen MR) is 92.3 cm³/mol. The van der Waals surface area contributed by atoms with E-state index in [0.29, 0.717) is 11.6 Å². The average Bonchev–Trinajstić information content (AvgIpc) is 3.03. The summed E-state index contributed by atoms with van der Waals surface area (Å²) in [6.45, 7) is 2.74. The number of hydrogen-bond donors (Lipinski definition) is 2. The molecular weight excluding hydrogens is 312 g/mol. The molecule has 0 aliphatic carbocycles. The van der Waals surface area contributed by atoms with Crippen LogP contribution in [0.5, 0.6) is 0 Å². The highest BCUT2D eigenvalue weighted by molar-refractivity contribution is 6.30. The second kappa shape index (κ2) is 7.02. The van der Waals surface area contributed by atoms with Crippen LogP contribution in [-0.4, -0.2) is 30.2 Å². The molecule has 2 aromatic rings. The van der Waals surface area contributed by atoms with Crippen molar-refractivity contribution in [2.24, 2.45) is 0 Å². The van der Waals surface area contributed by atoms with Crippen LogP contribution in [0.15, 0.2) is 48.5 Å². The molecular formula is C18H19ClN2O2. The summed E-state index contributed by atoms with van der Waals surface area (Å²) in [6.07, 6.45) is 1.09. The van der Waals surface area contributed by atoms with E-state index >= 15 is 0 Å². The largest absolute Gasteiger partial charge is 0.478 e. The number of anilines is 1. The second-order valence-corrected chi connectivity index (χ2v) is 6.23. The molecule has 0 amide bonds. The fourth-order valence-corrected chi connectivity index (χ4v) is 2.97. The molecule has 2 aromatic carbocycles. The average molecular weight is 331 g/mol. The first-order chi connectivity index (χ1) is 11.1. The van der Waals surface area contributed by atoms with Gasteiger partial charge in [0.25, 0.3) is 0 Å². The van der Waals surface area contributed by atoms with Crippen molar-refractivity contribution in [3.05, 3.63) is 64.7 Å². The first kappa shape index (κ1) is 15.8. The van der Waals surface area contributed by atoms with Crippen LogP contribution in [0.1, 0.15) is 22.3 Å². The minimum Gasteiger partial charge on any atom is -0.478 e. The van der Waals surface area contributed by atoms with E-state index in [9.17, 15) is 4.79 Å². The molecule has 1 unspecified atom stereocenters. The van der Waals surface area contributed by atoms with Crippen molar-refractivity contribution in [1.82, 2.24) is 5.32 Å². The molecule has 1 saturated heterocycles. The molecule has 1 aliphatic rings. The van der Waals surface area contributed by atoms with Crippen molar-refractivity contribution in [3.63, 3.8) is 0 Å². The Balaban J connectivity index is 1.52. The first-order valence-electron chi connectivity index (χ1n) is 7.68. The molecule has 3 rings (SSSR count). The quantitative estimate of drug-likeness (QED) is 0.882. The van der Waals surface area contributed by atoms with Gasteiger partial charge in [-0.2, -0.15) is 0 Å². The van der Waals surface area contributed by atoms with Gasteiger partial charge in [-0.1, -0.05) is 23.7 Å². The third-order valence-electron chi connectivity index (χ3n) is 4.18. The van der Waals surface area contributed by atoms with Crippen LogP contribution in [0.25, 0.3) is 0 Å². The van der Waals surface area contributed by atoms with Gasteiger partial charge in [-0.05, 0) is 48.4 Å². The number of nitrogens with zero attached hydrogens (tertiary/aromatic N) is 1. The minimum absolute atomic E-state index is 0.323. The van der Waals surface area contributed by atoms with Crippen molar-refractivity contribution >= 4 is 23.3 Å². The van der Waals surface area contributed by atoms with Gasteiger partial charge < -0.3 is 15.3 Å². The molecule has 1 heterocycles. The van der Waals surface area contributed by atoms with E-state index in [0.717, 1.165) is 36.6 Å². The van der Waals surface area contributed by atoms with Gasteiger partial charge in [0.2, 0.25) is 0 Å². The van der Waals surface area contributed by atoms with E-state index in [4.69, 9.17) is 16.7 Å². The van der Waals surface area contributed by atoms with Crippen molar-refractivity contribution in [3.8, 4) is 0 Å². The van der Waals surface area contributed by atoms with Crippen molar-refractivity contribution in [2.75, 3.05) is 18.0 Å². The molecule has 1 aliphatic heterocycles.